The quantitative estimate of drug-likeness (QED) is 0.870. The van der Waals surface area contributed by atoms with Crippen LogP contribution in [-0.4, -0.2) is 24.5 Å². The smallest absolute Gasteiger partial charge is 0.414 e. The molecule has 0 aliphatic heterocycles. The first-order valence-corrected chi connectivity index (χ1v) is 4.73. The van der Waals surface area contributed by atoms with Crippen LogP contribution in [0.4, 0.5) is 13.2 Å². The fourth-order valence-corrected chi connectivity index (χ4v) is 1.35. The molecule has 0 saturated carbocycles. The lowest BCUT2D eigenvalue weighted by molar-refractivity contribution is -0.203. The van der Waals surface area contributed by atoms with Crippen LogP contribution in [0.5, 0.6) is 5.75 Å². The van der Waals surface area contributed by atoms with Crippen molar-refractivity contribution < 1.29 is 23.0 Å². The van der Waals surface area contributed by atoms with Crippen molar-refractivity contribution in [3.8, 4) is 5.75 Å². The van der Waals surface area contributed by atoms with Gasteiger partial charge in [-0.15, -0.1) is 0 Å². The standard InChI is InChI=1S/C11H13F3O2/c1-7-5-9(16-2)4-3-8(7)6-10(15)11(12,13)14/h3-5,10,15H,6H2,1-2H3. The maximum atomic E-state index is 12.1. The molecule has 2 nitrogen and oxygen atoms in total. The Hall–Kier alpha value is -1.23. The summed E-state index contributed by atoms with van der Waals surface area (Å²) >= 11 is 0. The lowest BCUT2D eigenvalue weighted by atomic mass is 10.0. The van der Waals surface area contributed by atoms with E-state index in [2.05, 4.69) is 0 Å². The van der Waals surface area contributed by atoms with Gasteiger partial charge in [-0.25, -0.2) is 0 Å². The van der Waals surface area contributed by atoms with Gasteiger partial charge in [-0.3, -0.25) is 0 Å². The summed E-state index contributed by atoms with van der Waals surface area (Å²) in [5.74, 6) is 0.586. The summed E-state index contributed by atoms with van der Waals surface area (Å²) in [6.45, 7) is 1.68. The minimum atomic E-state index is -4.58. The highest BCUT2D eigenvalue weighted by molar-refractivity contribution is 5.35. The molecule has 1 aromatic carbocycles. The van der Waals surface area contributed by atoms with E-state index in [1.807, 2.05) is 0 Å². The van der Waals surface area contributed by atoms with Gasteiger partial charge in [0.2, 0.25) is 0 Å². The van der Waals surface area contributed by atoms with E-state index in [0.717, 1.165) is 0 Å². The predicted molar refractivity (Wildman–Crippen MR) is 53.5 cm³/mol. The number of alkyl halides is 3. The summed E-state index contributed by atoms with van der Waals surface area (Å²) in [5.41, 5.74) is 1.13. The molecular weight excluding hydrogens is 221 g/mol. The average molecular weight is 234 g/mol. The zero-order valence-electron chi connectivity index (χ0n) is 9.01. The molecule has 1 unspecified atom stereocenters. The topological polar surface area (TPSA) is 29.5 Å². The molecule has 0 fully saturated rings. The summed E-state index contributed by atoms with van der Waals surface area (Å²) in [6.07, 6.45) is -7.33. The lowest BCUT2D eigenvalue weighted by Gasteiger charge is -2.16. The van der Waals surface area contributed by atoms with E-state index in [0.29, 0.717) is 16.9 Å². The number of aliphatic hydroxyl groups excluding tert-OH is 1. The van der Waals surface area contributed by atoms with Crippen molar-refractivity contribution in [3.63, 3.8) is 0 Å². The minimum absolute atomic E-state index is 0.431. The largest absolute Gasteiger partial charge is 0.497 e. The van der Waals surface area contributed by atoms with Gasteiger partial charge in [0.05, 0.1) is 7.11 Å². The van der Waals surface area contributed by atoms with Crippen molar-refractivity contribution in [3.05, 3.63) is 29.3 Å². The monoisotopic (exact) mass is 234 g/mol. The number of benzene rings is 1. The van der Waals surface area contributed by atoms with Gasteiger partial charge in [0.25, 0.3) is 0 Å². The maximum Gasteiger partial charge on any atom is 0.414 e. The van der Waals surface area contributed by atoms with Gasteiger partial charge in [0.15, 0.2) is 6.10 Å². The second-order valence-electron chi connectivity index (χ2n) is 3.55. The normalized spacial score (nSPS) is 13.6. The van der Waals surface area contributed by atoms with Crippen LogP contribution in [0.25, 0.3) is 0 Å². The van der Waals surface area contributed by atoms with Crippen molar-refractivity contribution in [1.82, 2.24) is 0 Å². The number of hydrogen-bond donors (Lipinski definition) is 1. The third-order valence-corrected chi connectivity index (χ3v) is 2.34. The van der Waals surface area contributed by atoms with Crippen LogP contribution in [0, 0.1) is 6.92 Å². The van der Waals surface area contributed by atoms with Crippen molar-refractivity contribution in [1.29, 1.82) is 0 Å². The number of aliphatic hydroxyl groups is 1. The third kappa shape index (κ3) is 3.13. The second-order valence-corrected chi connectivity index (χ2v) is 3.55. The molecule has 0 aromatic heterocycles. The van der Waals surface area contributed by atoms with Gasteiger partial charge < -0.3 is 9.84 Å². The Balaban J connectivity index is 2.82. The van der Waals surface area contributed by atoms with Gasteiger partial charge in [-0.2, -0.15) is 13.2 Å². The van der Waals surface area contributed by atoms with Gasteiger partial charge in [-0.05, 0) is 30.2 Å². The maximum absolute atomic E-state index is 12.1. The Bertz CT molecular complexity index is 361. The van der Waals surface area contributed by atoms with E-state index in [4.69, 9.17) is 9.84 Å². The molecule has 1 atom stereocenters. The Labute approximate surface area is 91.7 Å². The SMILES string of the molecule is COc1ccc(CC(O)C(F)(F)F)c(C)c1. The molecule has 16 heavy (non-hydrogen) atoms. The summed E-state index contributed by atoms with van der Waals surface area (Å²) in [5, 5.41) is 8.93. The fourth-order valence-electron chi connectivity index (χ4n) is 1.35. The summed E-state index contributed by atoms with van der Waals surface area (Å²) in [6, 6.07) is 4.74. The molecule has 0 aliphatic carbocycles. The molecule has 1 aromatic rings. The van der Waals surface area contributed by atoms with Crippen LogP contribution in [0.15, 0.2) is 18.2 Å². The van der Waals surface area contributed by atoms with E-state index in [9.17, 15) is 13.2 Å². The average Bonchev–Trinajstić information content (AvgIpc) is 2.19. The number of halogens is 3. The Kier molecular flexibility index (Phi) is 3.80. The molecule has 5 heteroatoms. The molecule has 0 heterocycles. The van der Waals surface area contributed by atoms with Crippen LogP contribution in [-0.2, 0) is 6.42 Å². The van der Waals surface area contributed by atoms with E-state index >= 15 is 0 Å². The van der Waals surface area contributed by atoms with E-state index in [-0.39, 0.29) is 0 Å². The Morgan fingerprint density at radius 3 is 2.44 bits per heavy atom. The first-order chi connectivity index (χ1) is 7.34. The van der Waals surface area contributed by atoms with Gasteiger partial charge in [0.1, 0.15) is 5.75 Å². The number of hydrogen-bond acceptors (Lipinski definition) is 2. The van der Waals surface area contributed by atoms with Crippen LogP contribution in [0.3, 0.4) is 0 Å². The molecule has 0 bridgehead atoms. The van der Waals surface area contributed by atoms with Crippen molar-refractivity contribution in [2.75, 3.05) is 7.11 Å². The van der Waals surface area contributed by atoms with E-state index in [1.54, 1.807) is 19.1 Å². The highest BCUT2D eigenvalue weighted by Crippen LogP contribution is 2.25. The number of rotatable bonds is 3. The molecule has 0 spiro atoms. The van der Waals surface area contributed by atoms with Crippen molar-refractivity contribution in [2.24, 2.45) is 0 Å². The van der Waals surface area contributed by atoms with Crippen LogP contribution in [0.1, 0.15) is 11.1 Å². The van der Waals surface area contributed by atoms with Crippen LogP contribution in [0.2, 0.25) is 0 Å². The predicted octanol–water partition coefficient (Wildman–Crippen LogP) is 2.47. The molecule has 0 aliphatic rings. The molecule has 1 rings (SSSR count). The molecule has 1 N–H and O–H groups in total. The first-order valence-electron chi connectivity index (χ1n) is 4.73. The molecule has 90 valence electrons. The zero-order valence-corrected chi connectivity index (χ0v) is 9.01. The molecule has 0 radical (unpaired) electrons. The first kappa shape index (κ1) is 12.8. The number of ether oxygens (including phenoxy) is 1. The summed E-state index contributed by atoms with van der Waals surface area (Å²) in [4.78, 5) is 0. The molecule has 0 saturated heterocycles. The Morgan fingerprint density at radius 2 is 2.00 bits per heavy atom. The number of aryl methyl sites for hydroxylation is 1. The highest BCUT2D eigenvalue weighted by atomic mass is 19.4. The number of methoxy groups -OCH3 is 1. The van der Waals surface area contributed by atoms with Crippen LogP contribution >= 0.6 is 0 Å². The second kappa shape index (κ2) is 4.74. The fraction of sp³-hybridized carbons (Fsp3) is 0.455. The lowest BCUT2D eigenvalue weighted by Crippen LogP contribution is -2.30. The highest BCUT2D eigenvalue weighted by Gasteiger charge is 2.38. The van der Waals surface area contributed by atoms with Crippen molar-refractivity contribution >= 4 is 0 Å². The van der Waals surface area contributed by atoms with Gasteiger partial charge in [0, 0.05) is 6.42 Å². The summed E-state index contributed by atoms with van der Waals surface area (Å²) in [7, 11) is 1.49. The minimum Gasteiger partial charge on any atom is -0.497 e. The van der Waals surface area contributed by atoms with E-state index in [1.165, 1.54) is 13.2 Å². The van der Waals surface area contributed by atoms with Crippen molar-refractivity contribution in [2.45, 2.75) is 25.6 Å². The molecular formula is C11H13F3O2. The van der Waals surface area contributed by atoms with Gasteiger partial charge in [-0.1, -0.05) is 6.07 Å². The zero-order chi connectivity index (χ0) is 12.3. The summed E-state index contributed by atoms with van der Waals surface area (Å²) < 4.78 is 41.3. The third-order valence-electron chi connectivity index (χ3n) is 2.34. The van der Waals surface area contributed by atoms with Crippen LogP contribution < -0.4 is 4.74 Å². The Morgan fingerprint density at radius 1 is 1.38 bits per heavy atom. The van der Waals surface area contributed by atoms with Gasteiger partial charge >= 0.3 is 6.18 Å². The van der Waals surface area contributed by atoms with E-state index < -0.39 is 18.7 Å². The molecule has 0 amide bonds.